The van der Waals surface area contributed by atoms with Crippen molar-refractivity contribution in [2.45, 2.75) is 0 Å². The number of fused-ring (bicyclic) bond motifs is 1. The molecule has 5 rings (SSSR count). The second kappa shape index (κ2) is 8.27. The average Bonchev–Trinajstić information content (AvgIpc) is 3.30. The SMILES string of the molecule is CN1CCN(c2ccc(NC(=O)c3cn[nH]c3-c3ccc4c(c3)OCCO4)cn2)CC1. The van der Waals surface area contributed by atoms with Gasteiger partial charge in [-0.1, -0.05) is 0 Å². The van der Waals surface area contributed by atoms with Gasteiger partial charge >= 0.3 is 0 Å². The first kappa shape index (κ1) is 19.4. The van der Waals surface area contributed by atoms with Crippen molar-refractivity contribution in [1.29, 1.82) is 0 Å². The van der Waals surface area contributed by atoms with Crippen LogP contribution in [0, 0.1) is 0 Å². The number of hydrogen-bond donors (Lipinski definition) is 2. The molecule has 0 bridgehead atoms. The number of ether oxygens (including phenoxy) is 2. The summed E-state index contributed by atoms with van der Waals surface area (Å²) in [4.78, 5) is 22.0. The highest BCUT2D eigenvalue weighted by Crippen LogP contribution is 2.35. The fourth-order valence-corrected chi connectivity index (χ4v) is 3.76. The van der Waals surface area contributed by atoms with Gasteiger partial charge in [0.2, 0.25) is 0 Å². The molecule has 9 nitrogen and oxygen atoms in total. The van der Waals surface area contributed by atoms with Crippen molar-refractivity contribution in [2.75, 3.05) is 56.7 Å². The van der Waals surface area contributed by atoms with Crippen LogP contribution in [0.1, 0.15) is 10.4 Å². The minimum Gasteiger partial charge on any atom is -0.486 e. The third-order valence-corrected chi connectivity index (χ3v) is 5.55. The summed E-state index contributed by atoms with van der Waals surface area (Å²) in [7, 11) is 2.12. The molecule has 2 aliphatic rings. The van der Waals surface area contributed by atoms with E-state index >= 15 is 0 Å². The summed E-state index contributed by atoms with van der Waals surface area (Å²) in [6.07, 6.45) is 3.21. The maximum atomic E-state index is 12.9. The van der Waals surface area contributed by atoms with Gasteiger partial charge in [-0.2, -0.15) is 5.10 Å². The number of likely N-dealkylation sites (N-methyl/N-ethyl adjacent to an activating group) is 1. The summed E-state index contributed by atoms with van der Waals surface area (Å²) in [5.41, 5.74) is 2.50. The van der Waals surface area contributed by atoms with Crippen LogP contribution < -0.4 is 19.7 Å². The first-order chi connectivity index (χ1) is 15.2. The fraction of sp³-hybridized carbons (Fsp3) is 0.318. The number of anilines is 2. The Hall–Kier alpha value is -3.59. The lowest BCUT2D eigenvalue weighted by atomic mass is 10.1. The lowest BCUT2D eigenvalue weighted by Gasteiger charge is -2.33. The summed E-state index contributed by atoms with van der Waals surface area (Å²) in [5, 5.41) is 9.90. The van der Waals surface area contributed by atoms with Crippen LogP contribution in [0.5, 0.6) is 11.5 Å². The first-order valence-corrected chi connectivity index (χ1v) is 10.3. The van der Waals surface area contributed by atoms with Gasteiger partial charge in [0.05, 0.1) is 29.3 Å². The van der Waals surface area contributed by atoms with Crippen molar-refractivity contribution in [3.05, 3.63) is 48.3 Å². The standard InChI is InChI=1S/C22H24N6O3/c1-27-6-8-28(9-7-27)20-5-3-16(13-23-20)25-22(29)17-14-24-26-21(17)15-2-4-18-19(12-15)31-11-10-30-18/h2-5,12-14H,6-11H2,1H3,(H,24,26)(H,25,29). The van der Waals surface area contributed by atoms with Crippen LogP contribution in [0.25, 0.3) is 11.3 Å². The van der Waals surface area contributed by atoms with E-state index in [2.05, 4.69) is 37.3 Å². The van der Waals surface area contributed by atoms with E-state index in [0.717, 1.165) is 37.6 Å². The summed E-state index contributed by atoms with van der Waals surface area (Å²) in [6.45, 7) is 4.97. The van der Waals surface area contributed by atoms with E-state index in [-0.39, 0.29) is 5.91 Å². The molecule has 2 N–H and O–H groups in total. The van der Waals surface area contributed by atoms with Crippen molar-refractivity contribution in [2.24, 2.45) is 0 Å². The van der Waals surface area contributed by atoms with E-state index in [1.54, 1.807) is 6.20 Å². The summed E-state index contributed by atoms with van der Waals surface area (Å²) in [5.74, 6) is 2.03. The molecule has 3 aromatic rings. The smallest absolute Gasteiger partial charge is 0.259 e. The van der Waals surface area contributed by atoms with Crippen molar-refractivity contribution >= 4 is 17.4 Å². The highest BCUT2D eigenvalue weighted by Gasteiger charge is 2.19. The van der Waals surface area contributed by atoms with Crippen molar-refractivity contribution < 1.29 is 14.3 Å². The largest absolute Gasteiger partial charge is 0.486 e. The van der Waals surface area contributed by atoms with Gasteiger partial charge in [0, 0.05) is 31.7 Å². The topological polar surface area (TPSA) is 95.6 Å². The van der Waals surface area contributed by atoms with Gasteiger partial charge in [-0.25, -0.2) is 4.98 Å². The highest BCUT2D eigenvalue weighted by molar-refractivity contribution is 6.08. The van der Waals surface area contributed by atoms with E-state index in [1.165, 1.54) is 6.20 Å². The normalized spacial score (nSPS) is 16.2. The zero-order chi connectivity index (χ0) is 21.2. The lowest BCUT2D eigenvalue weighted by molar-refractivity contribution is 0.102. The van der Waals surface area contributed by atoms with E-state index < -0.39 is 0 Å². The zero-order valence-electron chi connectivity index (χ0n) is 17.3. The minimum absolute atomic E-state index is 0.257. The van der Waals surface area contributed by atoms with Crippen molar-refractivity contribution in [3.8, 4) is 22.8 Å². The van der Waals surface area contributed by atoms with Gasteiger partial charge in [0.1, 0.15) is 19.0 Å². The Bertz CT molecular complexity index is 1070. The quantitative estimate of drug-likeness (QED) is 0.668. The van der Waals surface area contributed by atoms with Crippen LogP contribution in [0.4, 0.5) is 11.5 Å². The summed E-state index contributed by atoms with van der Waals surface area (Å²) in [6, 6.07) is 9.39. The number of carbonyl (C=O) groups excluding carboxylic acids is 1. The molecule has 31 heavy (non-hydrogen) atoms. The number of carbonyl (C=O) groups is 1. The molecule has 1 fully saturated rings. The molecule has 9 heteroatoms. The molecule has 0 saturated carbocycles. The average molecular weight is 420 g/mol. The van der Waals surface area contributed by atoms with Crippen LogP contribution in [0.3, 0.4) is 0 Å². The van der Waals surface area contributed by atoms with Gasteiger partial charge in [-0.15, -0.1) is 0 Å². The molecule has 2 aromatic heterocycles. The van der Waals surface area contributed by atoms with Gasteiger partial charge in [0.25, 0.3) is 5.91 Å². The Balaban J connectivity index is 1.30. The predicted molar refractivity (Wildman–Crippen MR) is 117 cm³/mol. The molecule has 0 radical (unpaired) electrons. The van der Waals surface area contributed by atoms with Crippen molar-refractivity contribution in [3.63, 3.8) is 0 Å². The Morgan fingerprint density at radius 2 is 1.84 bits per heavy atom. The number of H-pyrrole nitrogens is 1. The van der Waals surface area contributed by atoms with Crippen LogP contribution in [0.2, 0.25) is 0 Å². The van der Waals surface area contributed by atoms with Crippen LogP contribution in [0.15, 0.2) is 42.7 Å². The number of aromatic nitrogens is 3. The third kappa shape index (κ3) is 4.04. The maximum absolute atomic E-state index is 12.9. The van der Waals surface area contributed by atoms with E-state index in [9.17, 15) is 4.79 Å². The molecular weight excluding hydrogens is 396 g/mol. The molecule has 1 saturated heterocycles. The number of nitrogens with one attached hydrogen (secondary N) is 2. The van der Waals surface area contributed by atoms with Gasteiger partial charge in [-0.05, 0) is 37.4 Å². The predicted octanol–water partition coefficient (Wildman–Crippen LogP) is 2.25. The number of rotatable bonds is 4. The summed E-state index contributed by atoms with van der Waals surface area (Å²) < 4.78 is 11.2. The highest BCUT2D eigenvalue weighted by atomic mass is 16.6. The molecule has 2 aliphatic heterocycles. The van der Waals surface area contributed by atoms with Gasteiger partial charge in [0.15, 0.2) is 11.5 Å². The minimum atomic E-state index is -0.257. The van der Waals surface area contributed by atoms with Gasteiger partial charge in [-0.3, -0.25) is 9.89 Å². The fourth-order valence-electron chi connectivity index (χ4n) is 3.76. The molecule has 0 atom stereocenters. The molecule has 1 aromatic carbocycles. The number of nitrogens with zero attached hydrogens (tertiary/aromatic N) is 4. The number of pyridine rings is 1. The Morgan fingerprint density at radius 3 is 2.61 bits per heavy atom. The Morgan fingerprint density at radius 1 is 1.03 bits per heavy atom. The van der Waals surface area contributed by atoms with E-state index in [1.807, 2.05) is 30.3 Å². The summed E-state index contributed by atoms with van der Waals surface area (Å²) >= 11 is 0. The Labute approximate surface area is 180 Å². The second-order valence-electron chi connectivity index (χ2n) is 7.67. The maximum Gasteiger partial charge on any atom is 0.259 e. The molecule has 1 amide bonds. The van der Waals surface area contributed by atoms with Crippen LogP contribution in [-0.2, 0) is 0 Å². The number of hydrogen-bond acceptors (Lipinski definition) is 7. The van der Waals surface area contributed by atoms with Crippen LogP contribution >= 0.6 is 0 Å². The molecular formula is C22H24N6O3. The number of aromatic amines is 1. The first-order valence-electron chi connectivity index (χ1n) is 10.3. The van der Waals surface area contributed by atoms with Crippen LogP contribution in [-0.4, -0.2) is 72.4 Å². The number of piperazine rings is 1. The monoisotopic (exact) mass is 420 g/mol. The molecule has 160 valence electrons. The number of benzene rings is 1. The Kier molecular flexibility index (Phi) is 5.17. The molecule has 0 spiro atoms. The number of amides is 1. The van der Waals surface area contributed by atoms with E-state index in [4.69, 9.17) is 9.47 Å². The molecule has 0 unspecified atom stereocenters. The second-order valence-corrected chi connectivity index (χ2v) is 7.67. The molecule has 4 heterocycles. The van der Waals surface area contributed by atoms with Crippen molar-refractivity contribution in [1.82, 2.24) is 20.1 Å². The lowest BCUT2D eigenvalue weighted by Crippen LogP contribution is -2.44. The van der Waals surface area contributed by atoms with Gasteiger partial charge < -0.3 is 24.6 Å². The zero-order valence-corrected chi connectivity index (χ0v) is 17.3. The molecule has 0 aliphatic carbocycles. The van der Waals surface area contributed by atoms with E-state index in [0.29, 0.717) is 41.7 Å². The third-order valence-electron chi connectivity index (χ3n) is 5.55.